The summed E-state index contributed by atoms with van der Waals surface area (Å²) in [4.78, 5) is 37.5. The van der Waals surface area contributed by atoms with Crippen LogP contribution in [0.3, 0.4) is 0 Å². The molecule has 0 aromatic carbocycles. The largest absolute Gasteiger partial charge is 0.498 e. The minimum Gasteiger partial charge on any atom is -0.498 e. The van der Waals surface area contributed by atoms with Crippen molar-refractivity contribution in [2.75, 3.05) is 14.2 Å². The lowest BCUT2D eigenvalue weighted by Gasteiger charge is -2.46. The molecule has 1 amide bonds. The highest BCUT2D eigenvalue weighted by Gasteiger charge is 2.65. The Labute approximate surface area is 128 Å². The molecule has 2 spiro atoms. The van der Waals surface area contributed by atoms with Gasteiger partial charge >= 0.3 is 0 Å². The fourth-order valence-electron chi connectivity index (χ4n) is 3.80. The average molecular weight is 299 g/mol. The fourth-order valence-corrected chi connectivity index (χ4v) is 3.80. The van der Waals surface area contributed by atoms with Gasteiger partial charge in [0.15, 0.2) is 11.6 Å². The lowest BCUT2D eigenvalue weighted by atomic mass is 9.61. The van der Waals surface area contributed by atoms with Gasteiger partial charge < -0.3 is 9.64 Å². The predicted molar refractivity (Wildman–Crippen MR) is 79.6 cm³/mol. The number of hydrogen-bond donors (Lipinski definition) is 0. The van der Waals surface area contributed by atoms with Crippen LogP contribution in [0.25, 0.3) is 0 Å². The van der Waals surface area contributed by atoms with Crippen LogP contribution < -0.4 is 0 Å². The summed E-state index contributed by atoms with van der Waals surface area (Å²) in [6.45, 7) is 1.83. The third-order valence-corrected chi connectivity index (χ3v) is 5.01. The van der Waals surface area contributed by atoms with E-state index in [1.807, 2.05) is 6.92 Å². The maximum absolute atomic E-state index is 12.6. The maximum Gasteiger partial charge on any atom is 0.227 e. The topological polar surface area (TPSA) is 63.7 Å². The summed E-state index contributed by atoms with van der Waals surface area (Å²) in [6, 6.07) is 0. The van der Waals surface area contributed by atoms with Gasteiger partial charge in [-0.2, -0.15) is 0 Å². The molecular weight excluding hydrogens is 282 g/mol. The molecule has 1 heterocycles. The van der Waals surface area contributed by atoms with Gasteiger partial charge in [0.1, 0.15) is 11.3 Å². The average Bonchev–Trinajstić information content (AvgIpc) is 2.67. The Hall–Kier alpha value is -2.43. The van der Waals surface area contributed by atoms with Gasteiger partial charge in [0.2, 0.25) is 5.91 Å². The zero-order chi connectivity index (χ0) is 16.1. The Balaban J connectivity index is 2.30. The van der Waals surface area contributed by atoms with Gasteiger partial charge in [-0.25, -0.2) is 0 Å². The summed E-state index contributed by atoms with van der Waals surface area (Å²) in [5, 5.41) is 0. The second-order valence-electron chi connectivity index (χ2n) is 5.84. The molecule has 114 valence electrons. The smallest absolute Gasteiger partial charge is 0.227 e. The number of nitrogens with zero attached hydrogens (tertiary/aromatic N) is 1. The van der Waals surface area contributed by atoms with Crippen LogP contribution in [0.1, 0.15) is 6.92 Å². The van der Waals surface area contributed by atoms with Crippen molar-refractivity contribution >= 4 is 17.5 Å². The minimum absolute atomic E-state index is 0.0643. The summed E-state index contributed by atoms with van der Waals surface area (Å²) >= 11 is 0. The van der Waals surface area contributed by atoms with Crippen LogP contribution in [0.15, 0.2) is 48.3 Å². The number of carbonyl (C=O) groups excluding carboxylic acids is 3. The maximum atomic E-state index is 12.6. The van der Waals surface area contributed by atoms with E-state index in [4.69, 9.17) is 4.74 Å². The van der Waals surface area contributed by atoms with Crippen molar-refractivity contribution < 1.29 is 19.1 Å². The van der Waals surface area contributed by atoms with E-state index in [0.717, 1.165) is 0 Å². The lowest BCUT2D eigenvalue weighted by Crippen LogP contribution is -2.54. The molecule has 3 aliphatic rings. The van der Waals surface area contributed by atoms with E-state index < -0.39 is 11.0 Å². The summed E-state index contributed by atoms with van der Waals surface area (Å²) in [6.07, 6.45) is 11.0. The first kappa shape index (κ1) is 14.5. The third kappa shape index (κ3) is 1.51. The van der Waals surface area contributed by atoms with Crippen molar-refractivity contribution in [1.82, 2.24) is 4.90 Å². The highest BCUT2D eigenvalue weighted by molar-refractivity contribution is 6.04. The second-order valence-corrected chi connectivity index (χ2v) is 5.84. The molecule has 1 aliphatic heterocycles. The van der Waals surface area contributed by atoms with Crippen LogP contribution >= 0.6 is 0 Å². The zero-order valence-electron chi connectivity index (χ0n) is 12.7. The molecule has 1 fully saturated rings. The first-order valence-electron chi connectivity index (χ1n) is 7.08. The molecule has 5 heteroatoms. The van der Waals surface area contributed by atoms with E-state index in [1.165, 1.54) is 31.4 Å². The number of ketones is 2. The van der Waals surface area contributed by atoms with Crippen LogP contribution in [0, 0.1) is 11.3 Å². The number of allylic oxidation sites excluding steroid dienone is 4. The molecule has 0 N–H and O–H groups in total. The molecule has 2 aliphatic carbocycles. The van der Waals surface area contributed by atoms with Crippen molar-refractivity contribution in [2.45, 2.75) is 12.5 Å². The Morgan fingerprint density at radius 3 is 2.23 bits per heavy atom. The molecule has 2 unspecified atom stereocenters. The molecule has 2 atom stereocenters. The molecule has 0 aromatic heterocycles. The molecule has 0 bridgehead atoms. The number of likely N-dealkylation sites (tertiary alicyclic amines) is 1. The Morgan fingerprint density at radius 2 is 1.64 bits per heavy atom. The van der Waals surface area contributed by atoms with E-state index in [-0.39, 0.29) is 23.4 Å². The molecule has 0 radical (unpaired) electrons. The standard InChI is InChI=1S/C17H17NO4/c1-11-15(21)18(2)17(9-6-13(20)10-14(17)22-3)16(11)7-4-12(19)5-8-16/h4-11H,1-3H3. The van der Waals surface area contributed by atoms with Gasteiger partial charge in [-0.15, -0.1) is 0 Å². The van der Waals surface area contributed by atoms with Crippen molar-refractivity contribution in [3.05, 3.63) is 48.3 Å². The van der Waals surface area contributed by atoms with Crippen LogP contribution in [0.4, 0.5) is 0 Å². The molecule has 3 rings (SSSR count). The van der Waals surface area contributed by atoms with Gasteiger partial charge in [0.25, 0.3) is 0 Å². The quantitative estimate of drug-likeness (QED) is 0.729. The van der Waals surface area contributed by atoms with Crippen molar-refractivity contribution in [2.24, 2.45) is 11.3 Å². The summed E-state index contributed by atoms with van der Waals surface area (Å²) in [5.41, 5.74) is -1.69. The van der Waals surface area contributed by atoms with Crippen LogP contribution in [-0.2, 0) is 19.1 Å². The normalized spacial score (nSPS) is 32.3. The number of hydrogen-bond acceptors (Lipinski definition) is 4. The van der Waals surface area contributed by atoms with Crippen LogP contribution in [0.5, 0.6) is 0 Å². The first-order valence-corrected chi connectivity index (χ1v) is 7.08. The predicted octanol–water partition coefficient (Wildman–Crippen LogP) is 1.18. The van der Waals surface area contributed by atoms with E-state index in [2.05, 4.69) is 0 Å². The van der Waals surface area contributed by atoms with Crippen molar-refractivity contribution in [3.8, 4) is 0 Å². The Bertz CT molecular complexity index is 681. The third-order valence-electron chi connectivity index (χ3n) is 5.01. The fraction of sp³-hybridized carbons (Fsp3) is 0.353. The number of ether oxygens (including phenoxy) is 1. The number of likely N-dealkylation sites (N-methyl/N-ethyl adjacent to an activating group) is 1. The molecular formula is C17H17NO4. The van der Waals surface area contributed by atoms with Crippen LogP contribution in [-0.4, -0.2) is 42.1 Å². The van der Waals surface area contributed by atoms with Gasteiger partial charge in [-0.3, -0.25) is 14.4 Å². The SMILES string of the molecule is COC1=CC(=O)C=CC12N(C)C(=O)C(C)C21C=CC(=O)C=C1. The first-order chi connectivity index (χ1) is 10.4. The minimum atomic E-state index is -0.931. The van der Waals surface area contributed by atoms with Crippen molar-refractivity contribution in [3.63, 3.8) is 0 Å². The Kier molecular flexibility index (Phi) is 2.99. The number of methoxy groups -OCH3 is 1. The van der Waals surface area contributed by atoms with Gasteiger partial charge in [-0.1, -0.05) is 19.1 Å². The molecule has 0 saturated carbocycles. The second kappa shape index (κ2) is 4.53. The molecule has 0 aromatic rings. The van der Waals surface area contributed by atoms with Gasteiger partial charge in [0, 0.05) is 13.1 Å². The molecule has 5 nitrogen and oxygen atoms in total. The molecule has 1 saturated heterocycles. The number of rotatable bonds is 1. The number of carbonyl (C=O) groups is 3. The summed E-state index contributed by atoms with van der Waals surface area (Å²) < 4.78 is 5.46. The van der Waals surface area contributed by atoms with Crippen LogP contribution in [0.2, 0.25) is 0 Å². The highest BCUT2D eigenvalue weighted by Crippen LogP contribution is 2.57. The summed E-state index contributed by atoms with van der Waals surface area (Å²) in [7, 11) is 3.18. The van der Waals surface area contributed by atoms with E-state index in [1.54, 1.807) is 30.2 Å². The van der Waals surface area contributed by atoms with Crippen molar-refractivity contribution in [1.29, 1.82) is 0 Å². The zero-order valence-corrected chi connectivity index (χ0v) is 12.7. The summed E-state index contributed by atoms with van der Waals surface area (Å²) in [5.74, 6) is -0.337. The van der Waals surface area contributed by atoms with E-state index in [0.29, 0.717) is 5.76 Å². The number of fused-ring (bicyclic) bond motifs is 1. The van der Waals surface area contributed by atoms with Gasteiger partial charge in [-0.05, 0) is 24.3 Å². The highest BCUT2D eigenvalue weighted by atomic mass is 16.5. The monoisotopic (exact) mass is 299 g/mol. The van der Waals surface area contributed by atoms with E-state index in [9.17, 15) is 14.4 Å². The molecule has 22 heavy (non-hydrogen) atoms. The van der Waals surface area contributed by atoms with Gasteiger partial charge in [0.05, 0.1) is 18.4 Å². The number of amides is 1. The van der Waals surface area contributed by atoms with E-state index >= 15 is 0 Å². The Morgan fingerprint density at radius 1 is 1.05 bits per heavy atom. The lowest BCUT2D eigenvalue weighted by molar-refractivity contribution is -0.131.